The van der Waals surface area contributed by atoms with E-state index in [4.69, 9.17) is 5.73 Å². The molecule has 5 heteroatoms. The number of anilines is 2. The van der Waals surface area contributed by atoms with Gasteiger partial charge in [0.2, 0.25) is 0 Å². The van der Waals surface area contributed by atoms with Crippen molar-refractivity contribution in [3.8, 4) is 0 Å². The van der Waals surface area contributed by atoms with Crippen LogP contribution in [0, 0.1) is 0 Å². The molecular weight excluding hydrogens is 230 g/mol. The largest absolute Gasteiger partial charge is 0.394 e. The molecule has 1 aromatic carbocycles. The number of rotatable bonds is 5. The normalized spacial score (nSPS) is 13.3. The van der Waals surface area contributed by atoms with Crippen LogP contribution in [0.5, 0.6) is 0 Å². The molecule has 0 aliphatic carbocycles. The fourth-order valence-electron chi connectivity index (χ4n) is 1.90. The van der Waals surface area contributed by atoms with E-state index in [0.717, 1.165) is 0 Å². The van der Waals surface area contributed by atoms with Gasteiger partial charge >= 0.3 is 0 Å². The Morgan fingerprint density at radius 3 is 1.89 bits per heavy atom. The maximum Gasteiger partial charge on any atom is 0.253 e. The average Bonchev–Trinajstić information content (AvgIpc) is 2.22. The van der Waals surface area contributed by atoms with E-state index in [2.05, 4.69) is 24.5 Å². The number of nitrogens with one attached hydrogen (secondary N) is 2. The third kappa shape index (κ3) is 2.41. The Balaban J connectivity index is 2.95. The van der Waals surface area contributed by atoms with Crippen molar-refractivity contribution < 1.29 is 0 Å². The zero-order valence-electron chi connectivity index (χ0n) is 12.0. The van der Waals surface area contributed by atoms with E-state index in [9.17, 15) is 9.59 Å². The van der Waals surface area contributed by atoms with Gasteiger partial charge in [0.25, 0.3) is 10.9 Å². The van der Waals surface area contributed by atoms with Crippen LogP contribution in [0.3, 0.4) is 0 Å². The lowest BCUT2D eigenvalue weighted by Gasteiger charge is -2.45. The highest BCUT2D eigenvalue weighted by Crippen LogP contribution is 2.27. The first-order chi connectivity index (χ1) is 7.99. The minimum absolute atomic E-state index is 0.0356. The molecule has 0 unspecified atom stereocenters. The summed E-state index contributed by atoms with van der Waals surface area (Å²) in [7, 11) is 0. The lowest BCUT2D eigenvalue weighted by molar-refractivity contribution is 0.245. The maximum atomic E-state index is 11.4. The Morgan fingerprint density at radius 2 is 1.50 bits per heavy atom. The van der Waals surface area contributed by atoms with Gasteiger partial charge in [-0.3, -0.25) is 9.59 Å². The Labute approximate surface area is 107 Å². The second kappa shape index (κ2) is 4.39. The first-order valence-corrected chi connectivity index (χ1v) is 6.14. The van der Waals surface area contributed by atoms with Crippen LogP contribution in [0.15, 0.2) is 9.59 Å². The molecule has 1 aromatic rings. The van der Waals surface area contributed by atoms with Crippen LogP contribution in [0.25, 0.3) is 0 Å². The van der Waals surface area contributed by atoms with Crippen molar-refractivity contribution in [1.82, 2.24) is 5.32 Å². The highest BCUT2D eigenvalue weighted by Gasteiger charge is 2.39. The van der Waals surface area contributed by atoms with Gasteiger partial charge in [-0.05, 0) is 27.7 Å². The number of nitrogen functional groups attached to an aromatic ring is 1. The molecule has 0 saturated heterocycles. The smallest absolute Gasteiger partial charge is 0.253 e. The van der Waals surface area contributed by atoms with Crippen molar-refractivity contribution >= 4 is 11.4 Å². The highest BCUT2D eigenvalue weighted by atomic mass is 16.2. The summed E-state index contributed by atoms with van der Waals surface area (Å²) in [5, 5.41) is 6.52. The molecule has 0 spiro atoms. The summed E-state index contributed by atoms with van der Waals surface area (Å²) in [4.78, 5) is 22.5. The molecule has 4 N–H and O–H groups in total. The van der Waals surface area contributed by atoms with E-state index in [-0.39, 0.29) is 16.9 Å². The van der Waals surface area contributed by atoms with Crippen molar-refractivity contribution in [3.05, 3.63) is 20.4 Å². The van der Waals surface area contributed by atoms with Crippen LogP contribution in [0.4, 0.5) is 11.4 Å². The third-order valence-corrected chi connectivity index (χ3v) is 3.60. The number of hydrogen-bond acceptors (Lipinski definition) is 5. The molecule has 0 fully saturated rings. The fourth-order valence-corrected chi connectivity index (χ4v) is 1.90. The summed E-state index contributed by atoms with van der Waals surface area (Å²) >= 11 is 0. The topological polar surface area (TPSA) is 84.2 Å². The van der Waals surface area contributed by atoms with Gasteiger partial charge in [0.15, 0.2) is 0 Å². The van der Waals surface area contributed by atoms with Crippen LogP contribution in [0.2, 0.25) is 0 Å². The second-order valence-electron chi connectivity index (χ2n) is 6.12. The molecule has 0 aliphatic rings. The molecule has 0 bridgehead atoms. The van der Waals surface area contributed by atoms with Gasteiger partial charge in [0.1, 0.15) is 11.4 Å². The quantitative estimate of drug-likeness (QED) is 0.677. The maximum absolute atomic E-state index is 11.4. The van der Waals surface area contributed by atoms with Gasteiger partial charge in [-0.15, -0.1) is 0 Å². The van der Waals surface area contributed by atoms with Gasteiger partial charge in [0.05, 0.1) is 0 Å². The van der Waals surface area contributed by atoms with Crippen molar-refractivity contribution in [2.45, 2.75) is 58.7 Å². The zero-order valence-corrected chi connectivity index (χ0v) is 12.0. The molecule has 0 saturated carbocycles. The summed E-state index contributed by atoms with van der Waals surface area (Å²) in [5.74, 6) is 0. The molecule has 0 aliphatic heterocycles. The van der Waals surface area contributed by atoms with Gasteiger partial charge in [0, 0.05) is 17.1 Å². The van der Waals surface area contributed by atoms with E-state index in [1.54, 1.807) is 0 Å². The summed E-state index contributed by atoms with van der Waals surface area (Å²) in [6.07, 6.45) is 0. The Hall–Kier alpha value is -1.36. The lowest BCUT2D eigenvalue weighted by Crippen LogP contribution is -2.62. The lowest BCUT2D eigenvalue weighted by atomic mass is 9.81. The summed E-state index contributed by atoms with van der Waals surface area (Å²) in [5.41, 5.74) is 3.99. The van der Waals surface area contributed by atoms with Gasteiger partial charge < -0.3 is 16.4 Å². The number of hydrogen-bond donors (Lipinski definition) is 3. The summed E-state index contributed by atoms with van der Waals surface area (Å²) < 4.78 is 0. The SMILES string of the molecule is CC(C)NC(C)(C)C(C)(C)Nc1c(N)c(=O)c1=O. The van der Waals surface area contributed by atoms with Gasteiger partial charge in [-0.2, -0.15) is 0 Å². The molecule has 0 atom stereocenters. The Morgan fingerprint density at radius 1 is 1.00 bits per heavy atom. The van der Waals surface area contributed by atoms with Crippen molar-refractivity contribution in [1.29, 1.82) is 0 Å². The van der Waals surface area contributed by atoms with Crippen LogP contribution in [-0.2, 0) is 0 Å². The van der Waals surface area contributed by atoms with Gasteiger partial charge in [-0.25, -0.2) is 0 Å². The minimum Gasteiger partial charge on any atom is -0.394 e. The standard InChI is InChI=1S/C13H23N3O2/c1-7(2)15-12(3,4)13(5,6)16-9-8(14)10(17)11(9)18/h7,15-16H,14H2,1-6H3. The van der Waals surface area contributed by atoms with Crippen LogP contribution in [0.1, 0.15) is 41.5 Å². The molecule has 0 amide bonds. The van der Waals surface area contributed by atoms with Gasteiger partial charge in [-0.1, -0.05) is 13.8 Å². The van der Waals surface area contributed by atoms with Crippen LogP contribution in [-0.4, -0.2) is 17.1 Å². The van der Waals surface area contributed by atoms with E-state index in [1.165, 1.54) is 0 Å². The fraction of sp³-hybridized carbons (Fsp3) is 0.692. The molecule has 0 aromatic heterocycles. The average molecular weight is 253 g/mol. The second-order valence-corrected chi connectivity index (χ2v) is 6.12. The monoisotopic (exact) mass is 253 g/mol. The molecule has 5 nitrogen and oxygen atoms in total. The molecule has 102 valence electrons. The van der Waals surface area contributed by atoms with Crippen molar-refractivity contribution in [2.24, 2.45) is 0 Å². The van der Waals surface area contributed by atoms with Crippen molar-refractivity contribution in [2.75, 3.05) is 11.1 Å². The van der Waals surface area contributed by atoms with Crippen molar-refractivity contribution in [3.63, 3.8) is 0 Å². The molecule has 0 heterocycles. The first-order valence-electron chi connectivity index (χ1n) is 6.14. The first kappa shape index (κ1) is 14.7. The third-order valence-electron chi connectivity index (χ3n) is 3.60. The van der Waals surface area contributed by atoms with E-state index in [1.807, 2.05) is 27.7 Å². The molecular formula is C13H23N3O2. The summed E-state index contributed by atoms with van der Waals surface area (Å²) in [6.45, 7) is 12.1. The van der Waals surface area contributed by atoms with Crippen LogP contribution >= 0.6 is 0 Å². The number of nitrogens with two attached hydrogens (primary N) is 1. The van der Waals surface area contributed by atoms with E-state index < -0.39 is 16.4 Å². The minimum atomic E-state index is -0.595. The zero-order chi connectivity index (χ0) is 14.3. The summed E-state index contributed by atoms with van der Waals surface area (Å²) in [6, 6.07) is 0.311. The van der Waals surface area contributed by atoms with Crippen LogP contribution < -0.4 is 27.2 Å². The molecule has 1 rings (SSSR count). The molecule has 18 heavy (non-hydrogen) atoms. The highest BCUT2D eigenvalue weighted by molar-refractivity contribution is 5.72. The molecule has 0 radical (unpaired) electrons. The predicted octanol–water partition coefficient (Wildman–Crippen LogP) is 0.832. The van der Waals surface area contributed by atoms with E-state index in [0.29, 0.717) is 6.04 Å². The predicted molar refractivity (Wildman–Crippen MR) is 75.8 cm³/mol. The Kier molecular flexibility index (Phi) is 3.58. The Bertz CT molecular complexity index is 508. The van der Waals surface area contributed by atoms with E-state index >= 15 is 0 Å².